The smallest absolute Gasteiger partial charge is 0.0207 e. The predicted octanol–water partition coefficient (Wildman–Crippen LogP) is 4.99. The zero-order valence-corrected chi connectivity index (χ0v) is 12.6. The summed E-state index contributed by atoms with van der Waals surface area (Å²) in [6.07, 6.45) is 4.59. The van der Waals surface area contributed by atoms with E-state index in [1.165, 1.54) is 12.8 Å². The Morgan fingerprint density at radius 2 is 1.71 bits per heavy atom. The fourth-order valence-corrected chi connectivity index (χ4v) is 5.40. The summed E-state index contributed by atoms with van der Waals surface area (Å²) in [6, 6.07) is 0. The molecule has 0 saturated heterocycles. The first-order valence-corrected chi connectivity index (χ1v) is 7.84. The van der Waals surface area contributed by atoms with Crippen LogP contribution in [-0.2, 0) is 0 Å². The predicted molar refractivity (Wildman–Crippen MR) is 73.7 cm³/mol. The fraction of sp³-hybridized carbons (Fsp3) is 1.00. The second-order valence-corrected chi connectivity index (χ2v) is 8.27. The van der Waals surface area contributed by atoms with Crippen molar-refractivity contribution in [3.8, 4) is 0 Å². The van der Waals surface area contributed by atoms with Gasteiger partial charge in [-0.2, -0.15) is 0 Å². The molecule has 3 fully saturated rings. The Kier molecular flexibility index (Phi) is 2.34. The van der Waals surface area contributed by atoms with Crippen LogP contribution in [0.25, 0.3) is 0 Å². The van der Waals surface area contributed by atoms with Crippen LogP contribution in [0.3, 0.4) is 0 Å². The number of hydrogen-bond donors (Lipinski definition) is 0. The fourth-order valence-electron chi connectivity index (χ4n) is 5.40. The van der Waals surface area contributed by atoms with Crippen molar-refractivity contribution < 1.29 is 0 Å². The van der Waals surface area contributed by atoms with Gasteiger partial charge < -0.3 is 0 Å². The standard InChI is InChI=1S/C17H30/c1-10(2)16(6)9-14(16)7-15-13(5)17(15)8-11(3)12(17)4/h10-15H,7-9H2,1-6H3. The largest absolute Gasteiger partial charge is 0.0622 e. The highest BCUT2D eigenvalue weighted by molar-refractivity contribution is 5.19. The van der Waals surface area contributed by atoms with Gasteiger partial charge in [0.05, 0.1) is 0 Å². The minimum absolute atomic E-state index is 0.697. The molecule has 3 rings (SSSR count). The lowest BCUT2D eigenvalue weighted by molar-refractivity contribution is 0.0495. The third kappa shape index (κ3) is 1.36. The number of hydrogen-bond acceptors (Lipinski definition) is 0. The Hall–Kier alpha value is 0. The third-order valence-electron chi connectivity index (χ3n) is 7.73. The molecular formula is C17H30. The van der Waals surface area contributed by atoms with Gasteiger partial charge in [-0.3, -0.25) is 0 Å². The summed E-state index contributed by atoms with van der Waals surface area (Å²) in [7, 11) is 0. The molecule has 0 radical (unpaired) electrons. The first-order valence-electron chi connectivity index (χ1n) is 7.84. The van der Waals surface area contributed by atoms with Crippen LogP contribution in [-0.4, -0.2) is 0 Å². The van der Waals surface area contributed by atoms with Crippen molar-refractivity contribution in [3.63, 3.8) is 0 Å². The minimum atomic E-state index is 0.697. The maximum atomic E-state index is 2.53. The van der Waals surface area contributed by atoms with Gasteiger partial charge in [-0.05, 0) is 65.6 Å². The van der Waals surface area contributed by atoms with Gasteiger partial charge in [0, 0.05) is 0 Å². The molecule has 0 heteroatoms. The molecule has 17 heavy (non-hydrogen) atoms. The molecule has 3 aliphatic rings. The van der Waals surface area contributed by atoms with Crippen molar-refractivity contribution in [1.82, 2.24) is 0 Å². The van der Waals surface area contributed by atoms with Crippen LogP contribution in [0.2, 0.25) is 0 Å². The lowest BCUT2D eigenvalue weighted by atomic mass is 9.61. The van der Waals surface area contributed by atoms with Crippen LogP contribution in [0, 0.1) is 46.3 Å². The summed E-state index contributed by atoms with van der Waals surface area (Å²) in [5.41, 5.74) is 1.50. The van der Waals surface area contributed by atoms with Crippen LogP contribution in [0.1, 0.15) is 60.8 Å². The van der Waals surface area contributed by atoms with E-state index in [4.69, 9.17) is 0 Å². The third-order valence-corrected chi connectivity index (χ3v) is 7.73. The van der Waals surface area contributed by atoms with Gasteiger partial charge in [0.2, 0.25) is 0 Å². The van der Waals surface area contributed by atoms with Crippen LogP contribution in [0.15, 0.2) is 0 Å². The molecule has 0 nitrogen and oxygen atoms in total. The average Bonchev–Trinajstić information content (AvgIpc) is 3.09. The Morgan fingerprint density at radius 3 is 2.12 bits per heavy atom. The van der Waals surface area contributed by atoms with E-state index in [-0.39, 0.29) is 0 Å². The SMILES string of the molecule is CC1CC2(C1C)C(C)C2CC1CC1(C)C(C)C. The van der Waals surface area contributed by atoms with Gasteiger partial charge in [-0.1, -0.05) is 41.5 Å². The van der Waals surface area contributed by atoms with E-state index in [2.05, 4.69) is 41.5 Å². The zero-order valence-electron chi connectivity index (χ0n) is 12.6. The molecule has 0 amide bonds. The molecule has 0 aliphatic heterocycles. The molecule has 0 aromatic rings. The Balaban J connectivity index is 1.60. The van der Waals surface area contributed by atoms with Crippen LogP contribution in [0.4, 0.5) is 0 Å². The molecule has 0 N–H and O–H groups in total. The second-order valence-electron chi connectivity index (χ2n) is 8.27. The molecule has 98 valence electrons. The summed E-state index contributed by atoms with van der Waals surface area (Å²) in [4.78, 5) is 0. The molecular weight excluding hydrogens is 204 g/mol. The first kappa shape index (κ1) is 12.1. The molecule has 3 aliphatic carbocycles. The van der Waals surface area contributed by atoms with Gasteiger partial charge in [0.25, 0.3) is 0 Å². The summed E-state index contributed by atoms with van der Waals surface area (Å²) in [5, 5.41) is 0. The summed E-state index contributed by atoms with van der Waals surface area (Å²) in [5.74, 6) is 6.06. The molecule has 0 aromatic carbocycles. The van der Waals surface area contributed by atoms with Crippen molar-refractivity contribution in [2.45, 2.75) is 60.8 Å². The average molecular weight is 234 g/mol. The van der Waals surface area contributed by atoms with E-state index >= 15 is 0 Å². The van der Waals surface area contributed by atoms with E-state index in [1.54, 1.807) is 6.42 Å². The zero-order chi connectivity index (χ0) is 12.6. The molecule has 3 saturated carbocycles. The van der Waals surface area contributed by atoms with Crippen molar-refractivity contribution in [2.75, 3.05) is 0 Å². The summed E-state index contributed by atoms with van der Waals surface area (Å²) >= 11 is 0. The normalized spacial score (nSPS) is 60.5. The van der Waals surface area contributed by atoms with Crippen LogP contribution < -0.4 is 0 Å². The summed E-state index contributed by atoms with van der Waals surface area (Å²) < 4.78 is 0. The van der Waals surface area contributed by atoms with Crippen molar-refractivity contribution in [2.24, 2.45) is 46.3 Å². The van der Waals surface area contributed by atoms with Crippen molar-refractivity contribution >= 4 is 0 Å². The lowest BCUT2D eigenvalue weighted by Gasteiger charge is -2.44. The van der Waals surface area contributed by atoms with Crippen molar-refractivity contribution in [3.05, 3.63) is 0 Å². The molecule has 7 unspecified atom stereocenters. The molecule has 0 bridgehead atoms. The quantitative estimate of drug-likeness (QED) is 0.645. The lowest BCUT2D eigenvalue weighted by Crippen LogP contribution is -2.37. The van der Waals surface area contributed by atoms with Gasteiger partial charge in [0.1, 0.15) is 0 Å². The highest BCUT2D eigenvalue weighted by Crippen LogP contribution is 2.77. The maximum absolute atomic E-state index is 2.53. The summed E-state index contributed by atoms with van der Waals surface area (Å²) in [6.45, 7) is 14.9. The minimum Gasteiger partial charge on any atom is -0.0622 e. The Bertz CT molecular complexity index is 331. The van der Waals surface area contributed by atoms with E-state index in [9.17, 15) is 0 Å². The van der Waals surface area contributed by atoms with Gasteiger partial charge in [0.15, 0.2) is 0 Å². The topological polar surface area (TPSA) is 0 Å². The second kappa shape index (κ2) is 3.31. The van der Waals surface area contributed by atoms with Crippen molar-refractivity contribution in [1.29, 1.82) is 0 Å². The van der Waals surface area contributed by atoms with Crippen LogP contribution in [0.5, 0.6) is 0 Å². The monoisotopic (exact) mass is 234 g/mol. The van der Waals surface area contributed by atoms with Gasteiger partial charge in [-0.25, -0.2) is 0 Å². The van der Waals surface area contributed by atoms with E-state index < -0.39 is 0 Å². The molecule has 0 aromatic heterocycles. The van der Waals surface area contributed by atoms with E-state index in [1.807, 2.05) is 0 Å². The maximum Gasteiger partial charge on any atom is -0.0207 e. The Morgan fingerprint density at radius 1 is 1.06 bits per heavy atom. The number of rotatable bonds is 3. The Labute approximate surface area is 108 Å². The van der Waals surface area contributed by atoms with Crippen LogP contribution >= 0.6 is 0 Å². The first-order chi connectivity index (χ1) is 7.84. The highest BCUT2D eigenvalue weighted by atomic mass is 14.8. The molecule has 0 heterocycles. The van der Waals surface area contributed by atoms with Gasteiger partial charge in [-0.15, -0.1) is 0 Å². The van der Waals surface area contributed by atoms with E-state index in [0.29, 0.717) is 5.41 Å². The highest BCUT2D eigenvalue weighted by Gasteiger charge is 2.71. The van der Waals surface area contributed by atoms with Gasteiger partial charge >= 0.3 is 0 Å². The molecule has 1 spiro atoms. The van der Waals surface area contributed by atoms with E-state index in [0.717, 1.165) is 40.9 Å². The molecule has 7 atom stereocenters.